The van der Waals surface area contributed by atoms with Crippen LogP contribution in [-0.4, -0.2) is 16.8 Å². The van der Waals surface area contributed by atoms with Crippen molar-refractivity contribution in [1.82, 2.24) is 0 Å². The van der Waals surface area contributed by atoms with Gasteiger partial charge in [0.2, 0.25) is 0 Å². The summed E-state index contributed by atoms with van der Waals surface area (Å²) in [5.41, 5.74) is 4.97. The van der Waals surface area contributed by atoms with Crippen LogP contribution in [0.15, 0.2) is 90.4 Å². The topological polar surface area (TPSA) is 52.5 Å². The second-order valence-corrected chi connectivity index (χ2v) is 5.68. The maximum Gasteiger partial charge on any atom is 0.120 e. The Labute approximate surface area is 150 Å². The summed E-state index contributed by atoms with van der Waals surface area (Å²) < 4.78 is 0. The highest BCUT2D eigenvalue weighted by molar-refractivity contribution is 5.76. The molecule has 0 aliphatic rings. The van der Waals surface area contributed by atoms with E-state index in [0.29, 0.717) is 11.3 Å². The monoisotopic (exact) mass is 337 g/mol. The van der Waals surface area contributed by atoms with Crippen molar-refractivity contribution in [1.29, 1.82) is 0 Å². The number of aliphatic hydroxyl groups excluding tert-OH is 2. The van der Waals surface area contributed by atoms with Gasteiger partial charge in [0.05, 0.1) is 6.61 Å². The van der Waals surface area contributed by atoms with E-state index in [4.69, 9.17) is 5.11 Å². The molecule has 0 aliphatic heterocycles. The van der Waals surface area contributed by atoms with Gasteiger partial charge < -0.3 is 15.5 Å². The fourth-order valence-electron chi connectivity index (χ4n) is 2.13. The van der Waals surface area contributed by atoms with Gasteiger partial charge in [-0.15, -0.1) is 0 Å². The van der Waals surface area contributed by atoms with Crippen molar-refractivity contribution in [3.8, 4) is 0 Å². The maximum atomic E-state index is 10.1. The van der Waals surface area contributed by atoms with Gasteiger partial charge in [0, 0.05) is 17.5 Å². The lowest BCUT2D eigenvalue weighted by Crippen LogP contribution is -1.99. The molecule has 0 unspecified atom stereocenters. The highest BCUT2D eigenvalue weighted by atomic mass is 16.3. The van der Waals surface area contributed by atoms with Gasteiger partial charge in [0.1, 0.15) is 5.76 Å². The zero-order valence-corrected chi connectivity index (χ0v) is 15.2. The number of anilines is 1. The second-order valence-electron chi connectivity index (χ2n) is 5.68. The summed E-state index contributed by atoms with van der Waals surface area (Å²) in [6, 6.07) is 7.92. The molecule has 0 heterocycles. The van der Waals surface area contributed by atoms with Crippen LogP contribution >= 0.6 is 0 Å². The Morgan fingerprint density at radius 1 is 1.20 bits per heavy atom. The van der Waals surface area contributed by atoms with Crippen LogP contribution in [0.5, 0.6) is 0 Å². The molecule has 25 heavy (non-hydrogen) atoms. The fourth-order valence-corrected chi connectivity index (χ4v) is 2.13. The largest absolute Gasteiger partial charge is 0.508 e. The lowest BCUT2D eigenvalue weighted by Gasteiger charge is -2.10. The molecule has 0 saturated carbocycles. The lowest BCUT2D eigenvalue weighted by atomic mass is 10.0. The Bertz CT molecular complexity index is 732. The first-order chi connectivity index (χ1) is 11.9. The van der Waals surface area contributed by atoms with Crippen LogP contribution in [0.3, 0.4) is 0 Å². The third kappa shape index (κ3) is 6.32. The van der Waals surface area contributed by atoms with E-state index < -0.39 is 0 Å². The van der Waals surface area contributed by atoms with Gasteiger partial charge in [-0.05, 0) is 55.2 Å². The minimum Gasteiger partial charge on any atom is -0.508 e. The van der Waals surface area contributed by atoms with E-state index in [-0.39, 0.29) is 12.4 Å². The average Bonchev–Trinajstić information content (AvgIpc) is 2.60. The summed E-state index contributed by atoms with van der Waals surface area (Å²) in [4.78, 5) is 0. The third-order valence-electron chi connectivity index (χ3n) is 3.74. The summed E-state index contributed by atoms with van der Waals surface area (Å²) >= 11 is 0. The van der Waals surface area contributed by atoms with Gasteiger partial charge in [-0.2, -0.15) is 0 Å². The molecule has 3 nitrogen and oxygen atoms in total. The van der Waals surface area contributed by atoms with Gasteiger partial charge in [-0.1, -0.05) is 49.6 Å². The minimum absolute atomic E-state index is 0.0855. The van der Waals surface area contributed by atoms with Crippen LogP contribution in [0.4, 0.5) is 5.69 Å². The molecule has 0 fully saturated rings. The molecular formula is C22H27NO2. The maximum absolute atomic E-state index is 10.1. The summed E-state index contributed by atoms with van der Waals surface area (Å²) in [6.45, 7) is 13.1. The first kappa shape index (κ1) is 20.3. The Balaban J connectivity index is 2.90. The standard InChI is InChI=1S/C22H27NO2/c1-6-8-19(9-7-2)20-10-12-21(13-11-20)23-17(4)14-22(25)18(5)16(3)15-24/h6-14,23-25H,1,4,15H2,2-3,5H3/b9-7-,18-16-,19-8+,22-14+. The lowest BCUT2D eigenvalue weighted by molar-refractivity contribution is 0.328. The Kier molecular flexibility index (Phi) is 8.24. The smallest absolute Gasteiger partial charge is 0.120 e. The molecule has 0 amide bonds. The van der Waals surface area contributed by atoms with E-state index in [2.05, 4.69) is 18.5 Å². The molecule has 1 aromatic carbocycles. The van der Waals surface area contributed by atoms with Gasteiger partial charge in [0.15, 0.2) is 0 Å². The van der Waals surface area contributed by atoms with Crippen LogP contribution in [0, 0.1) is 0 Å². The Hall–Kier alpha value is -2.78. The van der Waals surface area contributed by atoms with E-state index in [1.165, 1.54) is 0 Å². The van der Waals surface area contributed by atoms with Crippen LogP contribution in [0.25, 0.3) is 5.57 Å². The van der Waals surface area contributed by atoms with Gasteiger partial charge >= 0.3 is 0 Å². The fraction of sp³-hybridized carbons (Fsp3) is 0.182. The summed E-state index contributed by atoms with van der Waals surface area (Å²) in [5.74, 6) is 0.0879. The number of aliphatic hydroxyl groups is 2. The number of rotatable bonds is 8. The predicted molar refractivity (Wildman–Crippen MR) is 108 cm³/mol. The van der Waals surface area contributed by atoms with E-state index in [1.54, 1.807) is 26.0 Å². The minimum atomic E-state index is -0.0855. The molecular weight excluding hydrogens is 310 g/mol. The molecule has 0 aromatic heterocycles. The Morgan fingerprint density at radius 2 is 1.84 bits per heavy atom. The molecule has 0 radical (unpaired) electrons. The van der Waals surface area contributed by atoms with Crippen molar-refractivity contribution in [2.45, 2.75) is 20.8 Å². The van der Waals surface area contributed by atoms with Gasteiger partial charge in [0.25, 0.3) is 0 Å². The molecule has 0 aliphatic carbocycles. The van der Waals surface area contributed by atoms with Crippen molar-refractivity contribution in [3.05, 3.63) is 96.0 Å². The summed E-state index contributed by atoms with van der Waals surface area (Å²) in [6.07, 6.45) is 9.29. The average molecular weight is 337 g/mol. The highest BCUT2D eigenvalue weighted by Gasteiger charge is 2.03. The molecule has 1 rings (SSSR count). The molecule has 1 aromatic rings. The van der Waals surface area contributed by atoms with Gasteiger partial charge in [-0.25, -0.2) is 0 Å². The molecule has 0 spiro atoms. The second kappa shape index (κ2) is 10.2. The van der Waals surface area contributed by atoms with E-state index in [0.717, 1.165) is 22.4 Å². The van der Waals surface area contributed by atoms with E-state index >= 15 is 0 Å². The molecule has 0 atom stereocenters. The number of hydrogen-bond donors (Lipinski definition) is 3. The first-order valence-electron chi connectivity index (χ1n) is 8.13. The van der Waals surface area contributed by atoms with Crippen molar-refractivity contribution in [2.24, 2.45) is 0 Å². The van der Waals surface area contributed by atoms with E-state index in [1.807, 2.05) is 49.4 Å². The van der Waals surface area contributed by atoms with Crippen molar-refractivity contribution in [3.63, 3.8) is 0 Å². The van der Waals surface area contributed by atoms with Crippen molar-refractivity contribution < 1.29 is 10.2 Å². The number of allylic oxidation sites excluding steroid dienone is 7. The Morgan fingerprint density at radius 3 is 2.36 bits per heavy atom. The quantitative estimate of drug-likeness (QED) is 0.432. The highest BCUT2D eigenvalue weighted by Crippen LogP contribution is 2.20. The molecule has 3 N–H and O–H groups in total. The normalized spacial score (nSPS) is 13.6. The van der Waals surface area contributed by atoms with E-state index in [9.17, 15) is 5.11 Å². The molecule has 0 bridgehead atoms. The van der Waals surface area contributed by atoms with Gasteiger partial charge in [-0.3, -0.25) is 0 Å². The van der Waals surface area contributed by atoms with Crippen molar-refractivity contribution in [2.75, 3.05) is 11.9 Å². The van der Waals surface area contributed by atoms with Crippen LogP contribution in [0.1, 0.15) is 26.3 Å². The van der Waals surface area contributed by atoms with Crippen molar-refractivity contribution >= 4 is 11.3 Å². The van der Waals surface area contributed by atoms with Crippen LogP contribution < -0.4 is 5.32 Å². The number of benzene rings is 1. The zero-order valence-electron chi connectivity index (χ0n) is 15.2. The van der Waals surface area contributed by atoms with Crippen LogP contribution in [0.2, 0.25) is 0 Å². The third-order valence-corrected chi connectivity index (χ3v) is 3.74. The molecule has 0 saturated heterocycles. The number of hydrogen-bond acceptors (Lipinski definition) is 3. The SMILES string of the molecule is C=C/C=C(\C=C/C)c1ccc(NC(=C)/C=C(O)\C(C)=C(\C)CO)cc1. The zero-order chi connectivity index (χ0) is 18.8. The molecule has 132 valence electrons. The summed E-state index contributed by atoms with van der Waals surface area (Å²) in [5, 5.41) is 22.3. The number of nitrogens with one attached hydrogen (secondary N) is 1. The summed E-state index contributed by atoms with van der Waals surface area (Å²) in [7, 11) is 0. The molecule has 3 heteroatoms. The predicted octanol–water partition coefficient (Wildman–Crippen LogP) is 5.53. The van der Waals surface area contributed by atoms with Crippen LogP contribution in [-0.2, 0) is 0 Å². The first-order valence-corrected chi connectivity index (χ1v) is 8.13.